The van der Waals surface area contributed by atoms with Gasteiger partial charge in [0.25, 0.3) is 5.91 Å². The molecule has 1 amide bonds. The molecule has 3 aromatic rings. The number of benzene rings is 1. The molecule has 140 valence electrons. The predicted molar refractivity (Wildman–Crippen MR) is 94.9 cm³/mol. The van der Waals surface area contributed by atoms with Crippen molar-refractivity contribution in [2.75, 3.05) is 5.32 Å². The molecule has 0 unspecified atom stereocenters. The molecule has 27 heavy (non-hydrogen) atoms. The molecule has 0 atom stereocenters. The van der Waals surface area contributed by atoms with E-state index < -0.39 is 11.9 Å². The van der Waals surface area contributed by atoms with Gasteiger partial charge in [-0.25, -0.2) is 4.39 Å². The number of nitrogens with one attached hydrogen (secondary N) is 1. The predicted octanol–water partition coefficient (Wildman–Crippen LogP) is 2.30. The number of hydrogen-bond donors (Lipinski definition) is 2. The number of rotatable bonds is 7. The molecule has 0 fully saturated rings. The summed E-state index contributed by atoms with van der Waals surface area (Å²) in [6.07, 6.45) is 1.29. The molecule has 0 aliphatic rings. The smallest absolute Gasteiger partial charge is 0.305 e. The average molecular weight is 371 g/mol. The first-order chi connectivity index (χ1) is 12.9. The second-order valence-corrected chi connectivity index (χ2v) is 5.96. The fourth-order valence-electron chi connectivity index (χ4n) is 2.60. The van der Waals surface area contributed by atoms with Gasteiger partial charge in [-0.1, -0.05) is 18.2 Å². The number of anilines is 1. The van der Waals surface area contributed by atoms with Crippen molar-refractivity contribution in [3.8, 4) is 0 Å². The van der Waals surface area contributed by atoms with Gasteiger partial charge in [0.2, 0.25) is 0 Å². The Hall–Kier alpha value is -3.49. The fraction of sp³-hybridized carbons (Fsp3) is 0.222. The van der Waals surface area contributed by atoms with E-state index >= 15 is 0 Å². The van der Waals surface area contributed by atoms with Crippen molar-refractivity contribution in [2.45, 2.75) is 26.4 Å². The first-order valence-corrected chi connectivity index (χ1v) is 8.27. The largest absolute Gasteiger partial charge is 0.481 e. The average Bonchev–Trinajstić information content (AvgIpc) is 3.22. The van der Waals surface area contributed by atoms with Crippen LogP contribution in [0.5, 0.6) is 0 Å². The summed E-state index contributed by atoms with van der Waals surface area (Å²) in [7, 11) is 0. The molecule has 0 saturated carbocycles. The van der Waals surface area contributed by atoms with Crippen LogP contribution in [0.25, 0.3) is 0 Å². The van der Waals surface area contributed by atoms with E-state index in [2.05, 4.69) is 15.5 Å². The van der Waals surface area contributed by atoms with E-state index in [-0.39, 0.29) is 31.0 Å². The Morgan fingerprint density at radius 3 is 2.74 bits per heavy atom. The van der Waals surface area contributed by atoms with E-state index in [0.29, 0.717) is 11.4 Å². The van der Waals surface area contributed by atoms with Gasteiger partial charge in [-0.2, -0.15) is 10.2 Å². The molecule has 0 spiro atoms. The number of aryl methyl sites for hydroxylation is 2. The number of aliphatic carboxylic acids is 1. The molecular weight excluding hydrogens is 353 g/mol. The highest BCUT2D eigenvalue weighted by molar-refractivity contribution is 6.02. The van der Waals surface area contributed by atoms with Crippen LogP contribution in [0.15, 0.2) is 42.6 Å². The summed E-state index contributed by atoms with van der Waals surface area (Å²) in [5.41, 5.74) is 1.49. The monoisotopic (exact) mass is 371 g/mol. The fourth-order valence-corrected chi connectivity index (χ4v) is 2.60. The van der Waals surface area contributed by atoms with Gasteiger partial charge in [-0.15, -0.1) is 0 Å². The Bertz CT molecular complexity index is 979. The standard InChI is InChI=1S/C18H18FN5O3/c1-12-10-16(22-24(12)11-13-4-2-3-5-14(13)19)21-18(27)15-6-8-20-23(15)9-7-17(25)26/h2-6,8,10H,7,9,11H2,1H3,(H,25,26)(H,21,22,27). The van der Waals surface area contributed by atoms with Crippen LogP contribution < -0.4 is 5.32 Å². The van der Waals surface area contributed by atoms with Gasteiger partial charge in [0.1, 0.15) is 11.5 Å². The number of carboxylic acids is 1. The zero-order valence-corrected chi connectivity index (χ0v) is 14.6. The first kappa shape index (κ1) is 18.3. The minimum atomic E-state index is -0.973. The van der Waals surface area contributed by atoms with Gasteiger partial charge in [0, 0.05) is 23.5 Å². The van der Waals surface area contributed by atoms with Crippen LogP contribution >= 0.6 is 0 Å². The zero-order valence-electron chi connectivity index (χ0n) is 14.6. The SMILES string of the molecule is Cc1cc(NC(=O)c2ccnn2CCC(=O)O)nn1Cc1ccccc1F. The van der Waals surface area contributed by atoms with Gasteiger partial charge in [0.05, 0.1) is 19.5 Å². The maximum Gasteiger partial charge on any atom is 0.305 e. The number of carbonyl (C=O) groups excluding carboxylic acids is 1. The molecular formula is C18H18FN5O3. The molecule has 0 bridgehead atoms. The van der Waals surface area contributed by atoms with Crippen molar-refractivity contribution in [3.05, 3.63) is 65.4 Å². The lowest BCUT2D eigenvalue weighted by Gasteiger charge is -2.06. The Balaban J connectivity index is 1.72. The van der Waals surface area contributed by atoms with Crippen LogP contribution in [-0.4, -0.2) is 36.5 Å². The lowest BCUT2D eigenvalue weighted by molar-refractivity contribution is -0.137. The highest BCUT2D eigenvalue weighted by Gasteiger charge is 2.15. The van der Waals surface area contributed by atoms with Crippen LogP contribution in [0, 0.1) is 12.7 Å². The molecule has 1 aromatic carbocycles. The van der Waals surface area contributed by atoms with Gasteiger partial charge in [0.15, 0.2) is 5.82 Å². The second kappa shape index (κ2) is 7.81. The third-order valence-electron chi connectivity index (χ3n) is 3.99. The van der Waals surface area contributed by atoms with E-state index in [4.69, 9.17) is 5.11 Å². The topological polar surface area (TPSA) is 102 Å². The highest BCUT2D eigenvalue weighted by Crippen LogP contribution is 2.14. The van der Waals surface area contributed by atoms with E-state index in [9.17, 15) is 14.0 Å². The minimum Gasteiger partial charge on any atom is -0.481 e. The van der Waals surface area contributed by atoms with E-state index in [1.165, 1.54) is 23.0 Å². The maximum atomic E-state index is 13.8. The van der Waals surface area contributed by atoms with Gasteiger partial charge in [-0.05, 0) is 19.1 Å². The molecule has 2 heterocycles. The van der Waals surface area contributed by atoms with Crippen LogP contribution in [-0.2, 0) is 17.9 Å². The number of nitrogens with zero attached hydrogens (tertiary/aromatic N) is 4. The summed E-state index contributed by atoms with van der Waals surface area (Å²) < 4.78 is 16.7. The van der Waals surface area contributed by atoms with Crippen LogP contribution in [0.4, 0.5) is 10.2 Å². The summed E-state index contributed by atoms with van der Waals surface area (Å²) >= 11 is 0. The molecule has 0 aliphatic carbocycles. The summed E-state index contributed by atoms with van der Waals surface area (Å²) in [6, 6.07) is 9.61. The lowest BCUT2D eigenvalue weighted by atomic mass is 10.2. The van der Waals surface area contributed by atoms with Crippen molar-refractivity contribution in [1.82, 2.24) is 19.6 Å². The minimum absolute atomic E-state index is 0.0891. The van der Waals surface area contributed by atoms with Crippen molar-refractivity contribution >= 4 is 17.7 Å². The van der Waals surface area contributed by atoms with Crippen molar-refractivity contribution in [1.29, 1.82) is 0 Å². The van der Waals surface area contributed by atoms with Crippen molar-refractivity contribution in [2.24, 2.45) is 0 Å². The van der Waals surface area contributed by atoms with E-state index in [0.717, 1.165) is 5.69 Å². The third-order valence-corrected chi connectivity index (χ3v) is 3.99. The molecule has 0 radical (unpaired) electrons. The van der Waals surface area contributed by atoms with Gasteiger partial charge < -0.3 is 10.4 Å². The summed E-state index contributed by atoms with van der Waals surface area (Å²) in [6.45, 7) is 2.14. The number of aromatic nitrogens is 4. The Morgan fingerprint density at radius 2 is 2.00 bits per heavy atom. The molecule has 0 aliphatic heterocycles. The van der Waals surface area contributed by atoms with E-state index in [1.54, 1.807) is 35.9 Å². The molecule has 2 N–H and O–H groups in total. The summed E-state index contributed by atoms with van der Waals surface area (Å²) in [4.78, 5) is 23.1. The number of amides is 1. The molecule has 2 aromatic heterocycles. The number of halogens is 1. The Kier molecular flexibility index (Phi) is 5.30. The second-order valence-electron chi connectivity index (χ2n) is 5.96. The zero-order chi connectivity index (χ0) is 19.4. The normalized spacial score (nSPS) is 10.7. The quantitative estimate of drug-likeness (QED) is 0.663. The third kappa shape index (κ3) is 4.38. The molecule has 0 saturated heterocycles. The summed E-state index contributed by atoms with van der Waals surface area (Å²) in [5.74, 6) is -1.42. The number of hydrogen-bond acceptors (Lipinski definition) is 4. The maximum absolute atomic E-state index is 13.8. The molecule has 8 nitrogen and oxygen atoms in total. The van der Waals surface area contributed by atoms with Crippen molar-refractivity contribution in [3.63, 3.8) is 0 Å². The molecule has 3 rings (SSSR count). The van der Waals surface area contributed by atoms with Crippen LogP contribution in [0.1, 0.15) is 28.2 Å². The van der Waals surface area contributed by atoms with Gasteiger partial charge >= 0.3 is 5.97 Å². The summed E-state index contributed by atoms with van der Waals surface area (Å²) in [5, 5.41) is 19.7. The first-order valence-electron chi connectivity index (χ1n) is 8.27. The molecule has 9 heteroatoms. The van der Waals surface area contributed by atoms with Crippen LogP contribution in [0.2, 0.25) is 0 Å². The van der Waals surface area contributed by atoms with Gasteiger partial charge in [-0.3, -0.25) is 19.0 Å². The van der Waals surface area contributed by atoms with Crippen LogP contribution in [0.3, 0.4) is 0 Å². The van der Waals surface area contributed by atoms with Crippen molar-refractivity contribution < 1.29 is 19.1 Å². The lowest BCUT2D eigenvalue weighted by Crippen LogP contribution is -2.19. The number of carbonyl (C=O) groups is 2. The van der Waals surface area contributed by atoms with E-state index in [1.807, 2.05) is 0 Å². The number of carboxylic acid groups (broad SMARTS) is 1. The Morgan fingerprint density at radius 1 is 1.22 bits per heavy atom. The highest BCUT2D eigenvalue weighted by atomic mass is 19.1. The Labute approximate surface area is 154 Å².